The quantitative estimate of drug-likeness (QED) is 0.572. The molecule has 4 aromatic rings. The number of pyridine rings is 1. The zero-order valence-electron chi connectivity index (χ0n) is 14.4. The highest BCUT2D eigenvalue weighted by Gasteiger charge is 2.22. The number of H-pyrrole nitrogens is 1. The van der Waals surface area contributed by atoms with E-state index in [1.54, 1.807) is 34.9 Å². The largest absolute Gasteiger partial charge is 0.384 e. The standard InChI is InChI=1S/C18H16N6OS2/c19-14-2-1-11(7-21-14)17-22-15-12(13-8-20-10-27-13)9-26-16(15)18(23-17)24-3-5-25-6-4-24/h1-2,7-10H,3-6H2,(H2,19,21)/p+1. The summed E-state index contributed by atoms with van der Waals surface area (Å²) in [4.78, 5) is 20.6. The Morgan fingerprint density at radius 1 is 1.15 bits per heavy atom. The number of ether oxygens (including phenoxy) is 1. The Labute approximate surface area is 163 Å². The first-order valence-electron chi connectivity index (χ1n) is 8.58. The van der Waals surface area contributed by atoms with Crippen LogP contribution in [0.1, 0.15) is 0 Å². The van der Waals surface area contributed by atoms with Crippen LogP contribution in [0.15, 0.2) is 35.4 Å². The van der Waals surface area contributed by atoms with Crippen molar-refractivity contribution in [1.82, 2.24) is 15.0 Å². The van der Waals surface area contributed by atoms with Gasteiger partial charge in [0.1, 0.15) is 10.7 Å². The fourth-order valence-corrected chi connectivity index (χ4v) is 4.89. The van der Waals surface area contributed by atoms with Gasteiger partial charge in [0.2, 0.25) is 5.51 Å². The number of nitrogen functional groups attached to an aromatic ring is 1. The zero-order chi connectivity index (χ0) is 18.2. The molecule has 3 N–H and O–H groups in total. The topological polar surface area (TPSA) is 91.3 Å². The van der Waals surface area contributed by atoms with Crippen molar-refractivity contribution in [1.29, 1.82) is 0 Å². The van der Waals surface area contributed by atoms with E-state index in [0.29, 0.717) is 24.9 Å². The van der Waals surface area contributed by atoms with E-state index in [4.69, 9.17) is 20.4 Å². The number of hydrogen-bond acceptors (Lipinski definition) is 8. The Kier molecular flexibility index (Phi) is 4.19. The first-order valence-corrected chi connectivity index (χ1v) is 10.3. The monoisotopic (exact) mass is 397 g/mol. The molecule has 0 spiro atoms. The number of hydrogen-bond donors (Lipinski definition) is 1. The molecule has 1 aliphatic heterocycles. The maximum atomic E-state index is 5.74. The van der Waals surface area contributed by atoms with Crippen LogP contribution in [0.4, 0.5) is 11.6 Å². The summed E-state index contributed by atoms with van der Waals surface area (Å²) in [5.74, 6) is 2.11. The number of thiazole rings is 1. The van der Waals surface area contributed by atoms with Crippen molar-refractivity contribution in [3.63, 3.8) is 0 Å². The Morgan fingerprint density at radius 2 is 2.04 bits per heavy atom. The summed E-state index contributed by atoms with van der Waals surface area (Å²) in [6, 6.07) is 3.69. The van der Waals surface area contributed by atoms with E-state index in [1.807, 2.05) is 17.8 Å². The number of nitrogens with zero attached hydrogens (tertiary/aromatic N) is 4. The molecule has 27 heavy (non-hydrogen) atoms. The lowest BCUT2D eigenvalue weighted by atomic mass is 10.2. The van der Waals surface area contributed by atoms with Gasteiger partial charge in [0.15, 0.2) is 17.8 Å². The minimum absolute atomic E-state index is 0.485. The second kappa shape index (κ2) is 6.84. The van der Waals surface area contributed by atoms with Crippen molar-refractivity contribution in [3.05, 3.63) is 35.4 Å². The van der Waals surface area contributed by atoms with Crippen molar-refractivity contribution in [2.45, 2.75) is 0 Å². The predicted octanol–water partition coefficient (Wildman–Crippen LogP) is 2.71. The molecule has 0 bridgehead atoms. The second-order valence-electron chi connectivity index (χ2n) is 6.18. The van der Waals surface area contributed by atoms with Crippen molar-refractivity contribution in [2.75, 3.05) is 36.9 Å². The van der Waals surface area contributed by atoms with Crippen molar-refractivity contribution < 1.29 is 9.72 Å². The van der Waals surface area contributed by atoms with E-state index in [1.165, 1.54) is 0 Å². The van der Waals surface area contributed by atoms with Gasteiger partial charge in [-0.2, -0.15) is 0 Å². The first-order chi connectivity index (χ1) is 13.3. The lowest BCUT2D eigenvalue weighted by Gasteiger charge is -2.28. The third-order valence-corrected chi connectivity index (χ3v) is 6.30. The van der Waals surface area contributed by atoms with Gasteiger partial charge in [-0.3, -0.25) is 0 Å². The van der Waals surface area contributed by atoms with E-state index in [9.17, 15) is 0 Å². The number of rotatable bonds is 3. The molecule has 1 fully saturated rings. The molecule has 0 aromatic carbocycles. The average Bonchev–Trinajstić information content (AvgIpc) is 3.38. The van der Waals surface area contributed by atoms with Crippen LogP contribution in [0.5, 0.6) is 0 Å². The highest BCUT2D eigenvalue weighted by atomic mass is 32.1. The van der Waals surface area contributed by atoms with Gasteiger partial charge in [-0.05, 0) is 12.1 Å². The van der Waals surface area contributed by atoms with Gasteiger partial charge in [0.05, 0.1) is 23.4 Å². The van der Waals surface area contributed by atoms with Gasteiger partial charge in [-0.25, -0.2) is 19.9 Å². The molecule has 1 aliphatic rings. The lowest BCUT2D eigenvalue weighted by molar-refractivity contribution is -0.370. The minimum atomic E-state index is 0.485. The zero-order valence-corrected chi connectivity index (χ0v) is 16.0. The van der Waals surface area contributed by atoms with Crippen molar-refractivity contribution in [2.24, 2.45) is 0 Å². The number of aromatic amines is 1. The first kappa shape index (κ1) is 16.5. The number of nitrogens with one attached hydrogen (secondary N) is 1. The molecule has 5 rings (SSSR count). The third-order valence-electron chi connectivity index (χ3n) is 4.49. The van der Waals surface area contributed by atoms with E-state index in [0.717, 1.165) is 45.1 Å². The fraction of sp³-hybridized carbons (Fsp3) is 0.222. The summed E-state index contributed by atoms with van der Waals surface area (Å²) in [5, 5.41) is 2.16. The molecule has 0 amide bonds. The normalized spacial score (nSPS) is 14.7. The van der Waals surface area contributed by atoms with Gasteiger partial charge in [0.25, 0.3) is 0 Å². The molecule has 136 valence electrons. The Bertz CT molecular complexity index is 1070. The molecule has 0 radical (unpaired) electrons. The maximum absolute atomic E-state index is 5.74. The van der Waals surface area contributed by atoms with Gasteiger partial charge in [-0.15, -0.1) is 11.3 Å². The Hall–Kier alpha value is -2.62. The van der Waals surface area contributed by atoms with Crippen molar-refractivity contribution >= 4 is 44.5 Å². The highest BCUT2D eigenvalue weighted by molar-refractivity contribution is 7.19. The minimum Gasteiger partial charge on any atom is -0.384 e. The number of fused-ring (bicyclic) bond motifs is 1. The Morgan fingerprint density at radius 3 is 2.78 bits per heavy atom. The van der Waals surface area contributed by atoms with Crippen LogP contribution >= 0.6 is 22.7 Å². The third kappa shape index (κ3) is 3.03. The fourth-order valence-electron chi connectivity index (χ4n) is 3.12. The Balaban J connectivity index is 1.72. The molecule has 7 nitrogen and oxygen atoms in total. The van der Waals surface area contributed by atoms with Crippen LogP contribution in [0.3, 0.4) is 0 Å². The van der Waals surface area contributed by atoms with Crippen LogP contribution in [-0.2, 0) is 4.74 Å². The summed E-state index contributed by atoms with van der Waals surface area (Å²) < 4.78 is 6.62. The van der Waals surface area contributed by atoms with Crippen LogP contribution in [-0.4, -0.2) is 41.3 Å². The summed E-state index contributed by atoms with van der Waals surface area (Å²) in [6.07, 6.45) is 3.73. The summed E-state index contributed by atoms with van der Waals surface area (Å²) in [6.45, 7) is 3.07. The van der Waals surface area contributed by atoms with Gasteiger partial charge in [-0.1, -0.05) is 11.3 Å². The van der Waals surface area contributed by atoms with E-state index in [-0.39, 0.29) is 0 Å². The second-order valence-corrected chi connectivity index (χ2v) is 7.97. The number of aromatic nitrogens is 4. The predicted molar refractivity (Wildman–Crippen MR) is 108 cm³/mol. The average molecular weight is 398 g/mol. The van der Waals surface area contributed by atoms with E-state index < -0.39 is 0 Å². The molecule has 0 atom stereocenters. The molecular formula is C18H17N6OS2+. The molecular weight excluding hydrogens is 380 g/mol. The van der Waals surface area contributed by atoms with Gasteiger partial charge < -0.3 is 15.4 Å². The maximum Gasteiger partial charge on any atom is 0.223 e. The number of morpholine rings is 1. The smallest absolute Gasteiger partial charge is 0.223 e. The molecule has 0 saturated carbocycles. The molecule has 0 aliphatic carbocycles. The van der Waals surface area contributed by atoms with Crippen LogP contribution in [0.2, 0.25) is 0 Å². The van der Waals surface area contributed by atoms with Crippen molar-refractivity contribution in [3.8, 4) is 21.8 Å². The lowest BCUT2D eigenvalue weighted by Crippen LogP contribution is -2.36. The van der Waals surface area contributed by atoms with E-state index in [2.05, 4.69) is 20.2 Å². The SMILES string of the molecule is Nc1ccc(-c2nc(N3CCOCC3)c3scc(-c4c[nH+]cs4)c3n2)cn1. The van der Waals surface area contributed by atoms with Gasteiger partial charge in [0, 0.05) is 35.8 Å². The van der Waals surface area contributed by atoms with Crippen LogP contribution < -0.4 is 15.6 Å². The van der Waals surface area contributed by atoms with E-state index >= 15 is 0 Å². The van der Waals surface area contributed by atoms with Gasteiger partial charge >= 0.3 is 0 Å². The molecule has 9 heteroatoms. The van der Waals surface area contributed by atoms with Crippen LogP contribution in [0.25, 0.3) is 32.0 Å². The van der Waals surface area contributed by atoms with Crippen LogP contribution in [0, 0.1) is 0 Å². The molecule has 0 unspecified atom stereocenters. The number of nitrogens with two attached hydrogens (primary N) is 1. The molecule has 1 saturated heterocycles. The highest BCUT2D eigenvalue weighted by Crippen LogP contribution is 2.39. The molecule has 4 aromatic heterocycles. The molecule has 5 heterocycles. The summed E-state index contributed by atoms with van der Waals surface area (Å²) in [5.41, 5.74) is 10.7. The number of thiophene rings is 1. The summed E-state index contributed by atoms with van der Waals surface area (Å²) in [7, 11) is 0. The number of anilines is 2. The summed E-state index contributed by atoms with van der Waals surface area (Å²) >= 11 is 3.36.